The Morgan fingerprint density at radius 2 is 1.73 bits per heavy atom. The fraction of sp³-hybridized carbons (Fsp3) is 0.417. The summed E-state index contributed by atoms with van der Waals surface area (Å²) in [6, 6.07) is 15.9. The summed E-state index contributed by atoms with van der Waals surface area (Å²) < 4.78 is 6.17. The minimum atomic E-state index is -1.49. The Labute approximate surface area is 175 Å². The van der Waals surface area contributed by atoms with E-state index in [1.165, 1.54) is 4.90 Å². The van der Waals surface area contributed by atoms with Gasteiger partial charge in [-0.2, -0.15) is 0 Å². The van der Waals surface area contributed by atoms with Crippen LogP contribution in [-0.2, 0) is 14.3 Å². The standard InChI is InChI=1S/C24H25NO5/c1-2-14-12-17-21(23(28)25(22(17)27)15-8-4-3-5-9-15)18-13-20(30-24(14,18)29)16-10-6-7-11-19(16)26/h3-11,14,17-18,20-21,26,29H,2,12-13H2,1H3/t14-,17-,18-,20-,21-,24+/m0/s1. The smallest absolute Gasteiger partial charge is 0.238 e. The van der Waals surface area contributed by atoms with Gasteiger partial charge in [0.2, 0.25) is 11.8 Å². The van der Waals surface area contributed by atoms with Crippen LogP contribution in [0.25, 0.3) is 0 Å². The number of phenolic OH excluding ortho intramolecular Hbond substituents is 1. The van der Waals surface area contributed by atoms with Crippen LogP contribution in [-0.4, -0.2) is 27.8 Å². The molecule has 1 aliphatic carbocycles. The Hall–Kier alpha value is -2.70. The molecule has 30 heavy (non-hydrogen) atoms. The van der Waals surface area contributed by atoms with Crippen LogP contribution in [0.5, 0.6) is 5.75 Å². The summed E-state index contributed by atoms with van der Waals surface area (Å²) in [7, 11) is 0. The maximum absolute atomic E-state index is 13.4. The van der Waals surface area contributed by atoms with Crippen molar-refractivity contribution >= 4 is 17.5 Å². The van der Waals surface area contributed by atoms with Crippen LogP contribution in [0.4, 0.5) is 5.69 Å². The van der Waals surface area contributed by atoms with Gasteiger partial charge in [0.1, 0.15) is 5.75 Å². The number of amides is 2. The number of benzene rings is 2. The molecule has 1 saturated carbocycles. The van der Waals surface area contributed by atoms with Crippen LogP contribution >= 0.6 is 0 Å². The molecule has 5 rings (SSSR count). The first-order valence-electron chi connectivity index (χ1n) is 10.6. The Morgan fingerprint density at radius 1 is 1.03 bits per heavy atom. The van der Waals surface area contributed by atoms with Gasteiger partial charge in [0.25, 0.3) is 0 Å². The third kappa shape index (κ3) is 2.63. The molecule has 0 unspecified atom stereocenters. The van der Waals surface area contributed by atoms with Crippen molar-refractivity contribution in [3.05, 3.63) is 60.2 Å². The number of fused-ring (bicyclic) bond motifs is 3. The lowest BCUT2D eigenvalue weighted by molar-refractivity contribution is -0.269. The van der Waals surface area contributed by atoms with Gasteiger partial charge >= 0.3 is 0 Å². The molecule has 6 heteroatoms. The van der Waals surface area contributed by atoms with Crippen LogP contribution in [0.1, 0.15) is 37.9 Å². The number of hydrogen-bond acceptors (Lipinski definition) is 5. The molecule has 3 aliphatic rings. The summed E-state index contributed by atoms with van der Waals surface area (Å²) >= 11 is 0. The summed E-state index contributed by atoms with van der Waals surface area (Å²) in [5.41, 5.74) is 1.16. The van der Waals surface area contributed by atoms with Crippen molar-refractivity contribution < 1.29 is 24.5 Å². The molecule has 156 valence electrons. The quantitative estimate of drug-likeness (QED) is 0.762. The molecule has 2 aromatic carbocycles. The van der Waals surface area contributed by atoms with E-state index < -0.39 is 29.6 Å². The number of hydrogen-bond donors (Lipinski definition) is 2. The van der Waals surface area contributed by atoms with Crippen molar-refractivity contribution in [3.8, 4) is 5.75 Å². The lowest BCUT2D eigenvalue weighted by Gasteiger charge is -2.44. The van der Waals surface area contributed by atoms with Gasteiger partial charge in [-0.25, -0.2) is 0 Å². The number of carbonyl (C=O) groups excluding carboxylic acids is 2. The molecule has 2 aromatic rings. The highest BCUT2D eigenvalue weighted by molar-refractivity contribution is 6.22. The predicted octanol–water partition coefficient (Wildman–Crippen LogP) is 3.39. The van der Waals surface area contributed by atoms with Crippen molar-refractivity contribution in [2.45, 2.75) is 38.1 Å². The predicted molar refractivity (Wildman–Crippen MR) is 109 cm³/mol. The van der Waals surface area contributed by atoms with Crippen LogP contribution in [0.3, 0.4) is 0 Å². The average Bonchev–Trinajstić information content (AvgIpc) is 3.22. The van der Waals surface area contributed by atoms with E-state index in [9.17, 15) is 19.8 Å². The van der Waals surface area contributed by atoms with E-state index in [1.807, 2.05) is 19.1 Å². The van der Waals surface area contributed by atoms with Crippen LogP contribution < -0.4 is 4.90 Å². The third-order valence-electron chi connectivity index (χ3n) is 7.15. The molecular weight excluding hydrogens is 382 g/mol. The second-order valence-electron chi connectivity index (χ2n) is 8.58. The summed E-state index contributed by atoms with van der Waals surface area (Å²) in [5.74, 6) is -3.69. The van der Waals surface area contributed by atoms with Crippen LogP contribution in [0.2, 0.25) is 0 Å². The summed E-state index contributed by atoms with van der Waals surface area (Å²) in [4.78, 5) is 28.0. The molecule has 0 spiro atoms. The molecule has 2 amide bonds. The molecule has 6 atom stereocenters. The number of nitrogens with zero attached hydrogens (tertiary/aromatic N) is 1. The number of imide groups is 1. The van der Waals surface area contributed by atoms with E-state index >= 15 is 0 Å². The minimum absolute atomic E-state index is 0.106. The second-order valence-corrected chi connectivity index (χ2v) is 8.58. The highest BCUT2D eigenvalue weighted by atomic mass is 16.6. The number of anilines is 1. The van der Waals surface area contributed by atoms with Crippen molar-refractivity contribution in [1.82, 2.24) is 0 Å². The Morgan fingerprint density at radius 3 is 2.43 bits per heavy atom. The van der Waals surface area contributed by atoms with Crippen molar-refractivity contribution in [1.29, 1.82) is 0 Å². The zero-order valence-corrected chi connectivity index (χ0v) is 16.8. The van der Waals surface area contributed by atoms with E-state index in [0.29, 0.717) is 30.5 Å². The van der Waals surface area contributed by atoms with Gasteiger partial charge in [0.15, 0.2) is 5.79 Å². The fourth-order valence-electron chi connectivity index (χ4n) is 5.73. The van der Waals surface area contributed by atoms with Gasteiger partial charge in [0, 0.05) is 17.4 Å². The van der Waals surface area contributed by atoms with Crippen molar-refractivity contribution in [2.24, 2.45) is 23.7 Å². The Bertz CT molecular complexity index is 992. The molecule has 0 radical (unpaired) electrons. The zero-order valence-electron chi connectivity index (χ0n) is 16.8. The lowest BCUT2D eigenvalue weighted by Crippen LogP contribution is -2.53. The highest BCUT2D eigenvalue weighted by Crippen LogP contribution is 2.59. The van der Waals surface area contributed by atoms with E-state index in [-0.39, 0.29) is 23.5 Å². The lowest BCUT2D eigenvalue weighted by atomic mass is 9.64. The topological polar surface area (TPSA) is 87.1 Å². The van der Waals surface area contributed by atoms with E-state index in [4.69, 9.17) is 4.74 Å². The van der Waals surface area contributed by atoms with Crippen LogP contribution in [0, 0.1) is 23.7 Å². The molecule has 2 saturated heterocycles. The fourth-order valence-corrected chi connectivity index (χ4v) is 5.73. The highest BCUT2D eigenvalue weighted by Gasteiger charge is 2.66. The van der Waals surface area contributed by atoms with Gasteiger partial charge < -0.3 is 14.9 Å². The number of phenols is 1. The number of para-hydroxylation sites is 2. The third-order valence-corrected chi connectivity index (χ3v) is 7.15. The SMILES string of the molecule is CC[C@H]1C[C@@H]2C(=O)N(c3ccccc3)C(=O)[C@@H]2[C@@H]2C[C@@H](c3ccccc3O)O[C@]12O. The van der Waals surface area contributed by atoms with Gasteiger partial charge in [0.05, 0.1) is 23.6 Å². The molecular formula is C24H25NO5. The van der Waals surface area contributed by atoms with Gasteiger partial charge in [-0.15, -0.1) is 0 Å². The summed E-state index contributed by atoms with van der Waals surface area (Å²) in [6.07, 6.45) is 0.905. The first-order chi connectivity index (χ1) is 14.5. The Balaban J connectivity index is 1.54. The maximum atomic E-state index is 13.4. The number of aromatic hydroxyl groups is 1. The van der Waals surface area contributed by atoms with Gasteiger partial charge in [-0.1, -0.05) is 43.3 Å². The summed E-state index contributed by atoms with van der Waals surface area (Å²) in [5, 5.41) is 21.9. The largest absolute Gasteiger partial charge is 0.508 e. The normalized spacial score (nSPS) is 35.4. The molecule has 0 bridgehead atoms. The van der Waals surface area contributed by atoms with E-state index in [2.05, 4.69) is 0 Å². The molecule has 0 aromatic heterocycles. The number of aliphatic hydroxyl groups is 1. The van der Waals surface area contributed by atoms with Crippen molar-refractivity contribution in [2.75, 3.05) is 4.90 Å². The number of rotatable bonds is 3. The number of ether oxygens (including phenoxy) is 1. The average molecular weight is 407 g/mol. The molecule has 2 aliphatic heterocycles. The summed E-state index contributed by atoms with van der Waals surface area (Å²) in [6.45, 7) is 1.97. The number of carbonyl (C=O) groups is 2. The molecule has 2 N–H and O–H groups in total. The van der Waals surface area contributed by atoms with E-state index in [1.54, 1.807) is 42.5 Å². The van der Waals surface area contributed by atoms with Crippen molar-refractivity contribution in [3.63, 3.8) is 0 Å². The minimum Gasteiger partial charge on any atom is -0.508 e. The Kier molecular flexibility index (Phi) is 4.45. The maximum Gasteiger partial charge on any atom is 0.238 e. The molecule has 2 heterocycles. The zero-order chi connectivity index (χ0) is 21.0. The van der Waals surface area contributed by atoms with Gasteiger partial charge in [-0.05, 0) is 37.5 Å². The van der Waals surface area contributed by atoms with Gasteiger partial charge in [-0.3, -0.25) is 14.5 Å². The monoisotopic (exact) mass is 407 g/mol. The second kappa shape index (κ2) is 6.93. The molecule has 6 nitrogen and oxygen atoms in total. The first-order valence-corrected chi connectivity index (χ1v) is 10.6. The molecule has 3 fully saturated rings. The van der Waals surface area contributed by atoms with Crippen LogP contribution in [0.15, 0.2) is 54.6 Å². The first kappa shape index (κ1) is 19.3. The van der Waals surface area contributed by atoms with E-state index in [0.717, 1.165) is 0 Å².